The molecule has 1 aromatic heterocycles. The minimum atomic E-state index is 0. The molecule has 0 saturated heterocycles. The van der Waals surface area contributed by atoms with Gasteiger partial charge in [0.1, 0.15) is 0 Å². The standard InChI is InChI=1S/C12H19N2O.ClH/c1-4-14(5-2)12(15)10-13-8-6-11(3)7-9-13;/h6-9H,4-5,10H2,1-3H3;1H/q+1;/p-1. The first kappa shape index (κ1) is 14.9. The Morgan fingerprint density at radius 3 is 2.19 bits per heavy atom. The summed E-state index contributed by atoms with van der Waals surface area (Å²) in [7, 11) is 0. The summed E-state index contributed by atoms with van der Waals surface area (Å²) >= 11 is 0. The number of likely N-dealkylation sites (N-methyl/N-ethyl adjacent to an activating group) is 1. The molecule has 1 rings (SSSR count). The van der Waals surface area contributed by atoms with Crippen LogP contribution in [0.25, 0.3) is 0 Å². The van der Waals surface area contributed by atoms with E-state index < -0.39 is 0 Å². The van der Waals surface area contributed by atoms with Gasteiger partial charge in [-0.2, -0.15) is 4.57 Å². The molecule has 0 aliphatic carbocycles. The molecule has 0 saturated carbocycles. The van der Waals surface area contributed by atoms with Crippen molar-refractivity contribution in [3.8, 4) is 0 Å². The molecule has 0 aromatic carbocycles. The normalized spacial score (nSPS) is 9.44. The zero-order chi connectivity index (χ0) is 11.3. The van der Waals surface area contributed by atoms with Crippen LogP contribution in [0.3, 0.4) is 0 Å². The van der Waals surface area contributed by atoms with Crippen molar-refractivity contribution in [1.82, 2.24) is 4.90 Å². The molecule has 3 nitrogen and oxygen atoms in total. The van der Waals surface area contributed by atoms with Gasteiger partial charge in [-0.25, -0.2) is 0 Å². The highest BCUT2D eigenvalue weighted by atomic mass is 35.5. The lowest BCUT2D eigenvalue weighted by Gasteiger charge is -2.16. The van der Waals surface area contributed by atoms with Crippen LogP contribution < -0.4 is 17.0 Å². The second-order valence-electron chi connectivity index (χ2n) is 3.61. The number of aryl methyl sites for hydroxylation is 1. The van der Waals surface area contributed by atoms with Gasteiger partial charge in [0.15, 0.2) is 12.4 Å². The Morgan fingerprint density at radius 1 is 1.25 bits per heavy atom. The fraction of sp³-hybridized carbons (Fsp3) is 0.500. The fourth-order valence-electron chi connectivity index (χ4n) is 1.47. The van der Waals surface area contributed by atoms with Gasteiger partial charge in [0.05, 0.1) is 0 Å². The van der Waals surface area contributed by atoms with Crippen LogP contribution in [0, 0.1) is 6.92 Å². The van der Waals surface area contributed by atoms with Crippen molar-refractivity contribution in [3.05, 3.63) is 30.1 Å². The highest BCUT2D eigenvalue weighted by molar-refractivity contribution is 5.74. The Kier molecular flexibility index (Phi) is 6.74. The van der Waals surface area contributed by atoms with Crippen LogP contribution in [0.1, 0.15) is 19.4 Å². The Morgan fingerprint density at radius 2 is 1.75 bits per heavy atom. The van der Waals surface area contributed by atoms with Crippen LogP contribution >= 0.6 is 0 Å². The zero-order valence-corrected chi connectivity index (χ0v) is 10.9. The van der Waals surface area contributed by atoms with Crippen molar-refractivity contribution in [2.75, 3.05) is 13.1 Å². The van der Waals surface area contributed by atoms with Crippen LogP contribution in [0.4, 0.5) is 0 Å². The van der Waals surface area contributed by atoms with Gasteiger partial charge in [0.25, 0.3) is 5.91 Å². The number of aromatic nitrogens is 1. The molecule has 16 heavy (non-hydrogen) atoms. The van der Waals surface area contributed by atoms with E-state index in [1.165, 1.54) is 5.56 Å². The summed E-state index contributed by atoms with van der Waals surface area (Å²) in [5.74, 6) is 0.175. The molecule has 0 aliphatic heterocycles. The second-order valence-corrected chi connectivity index (χ2v) is 3.61. The summed E-state index contributed by atoms with van der Waals surface area (Å²) in [5.41, 5.74) is 1.21. The molecule has 0 atom stereocenters. The fourth-order valence-corrected chi connectivity index (χ4v) is 1.47. The highest BCUT2D eigenvalue weighted by Crippen LogP contribution is 1.92. The quantitative estimate of drug-likeness (QED) is 0.570. The van der Waals surface area contributed by atoms with Crippen molar-refractivity contribution in [1.29, 1.82) is 0 Å². The molecule has 1 aromatic rings. The Labute approximate surface area is 103 Å². The number of hydrogen-bond acceptors (Lipinski definition) is 1. The minimum absolute atomic E-state index is 0. The smallest absolute Gasteiger partial charge is 0.288 e. The number of nitrogens with zero attached hydrogens (tertiary/aromatic N) is 2. The van der Waals surface area contributed by atoms with Crippen molar-refractivity contribution in [2.24, 2.45) is 0 Å². The molecule has 0 radical (unpaired) electrons. The number of hydrogen-bond donors (Lipinski definition) is 0. The average Bonchev–Trinajstić information content (AvgIpc) is 2.23. The molecule has 90 valence electrons. The van der Waals surface area contributed by atoms with Gasteiger partial charge in [-0.1, -0.05) is 0 Å². The van der Waals surface area contributed by atoms with Crippen LogP contribution in [-0.4, -0.2) is 23.9 Å². The van der Waals surface area contributed by atoms with Crippen molar-refractivity contribution >= 4 is 5.91 Å². The zero-order valence-electron chi connectivity index (χ0n) is 10.1. The average molecular weight is 243 g/mol. The van der Waals surface area contributed by atoms with Crippen LogP contribution in [0.5, 0.6) is 0 Å². The van der Waals surface area contributed by atoms with E-state index in [0.29, 0.717) is 6.54 Å². The van der Waals surface area contributed by atoms with Gasteiger partial charge < -0.3 is 17.3 Å². The minimum Gasteiger partial charge on any atom is -1.00 e. The van der Waals surface area contributed by atoms with Crippen molar-refractivity contribution in [3.63, 3.8) is 0 Å². The van der Waals surface area contributed by atoms with Gasteiger partial charge >= 0.3 is 0 Å². The maximum absolute atomic E-state index is 11.8. The number of carbonyl (C=O) groups excluding carboxylic acids is 1. The Bertz CT molecular complexity index is 320. The maximum atomic E-state index is 11.8. The number of carbonyl (C=O) groups is 1. The summed E-state index contributed by atoms with van der Waals surface area (Å²) in [4.78, 5) is 13.6. The Balaban J connectivity index is 0.00000225. The van der Waals surface area contributed by atoms with E-state index in [2.05, 4.69) is 0 Å². The summed E-state index contributed by atoms with van der Waals surface area (Å²) in [6.07, 6.45) is 3.88. The predicted octanol–water partition coefficient (Wildman–Crippen LogP) is -1.85. The maximum Gasteiger partial charge on any atom is 0.288 e. The van der Waals surface area contributed by atoms with E-state index in [-0.39, 0.29) is 18.3 Å². The molecule has 0 N–H and O–H groups in total. The predicted molar refractivity (Wildman–Crippen MR) is 59.3 cm³/mol. The third-order valence-electron chi connectivity index (χ3n) is 2.49. The first-order chi connectivity index (χ1) is 7.17. The van der Waals surface area contributed by atoms with E-state index >= 15 is 0 Å². The van der Waals surface area contributed by atoms with Crippen molar-refractivity contribution < 1.29 is 21.8 Å². The molecule has 0 fully saturated rings. The number of halogens is 1. The number of pyridine rings is 1. The monoisotopic (exact) mass is 242 g/mol. The van der Waals surface area contributed by atoms with Gasteiger partial charge in [0, 0.05) is 25.2 Å². The lowest BCUT2D eigenvalue weighted by molar-refractivity contribution is -0.685. The van der Waals surface area contributed by atoms with Gasteiger partial charge in [-0.15, -0.1) is 0 Å². The van der Waals surface area contributed by atoms with E-state index in [0.717, 1.165) is 13.1 Å². The molecular formula is C12H19ClN2O. The Hall–Kier alpha value is -1.09. The van der Waals surface area contributed by atoms with E-state index in [1.807, 2.05) is 54.8 Å². The van der Waals surface area contributed by atoms with Crippen LogP contribution in [-0.2, 0) is 11.3 Å². The molecule has 1 heterocycles. The molecule has 0 aliphatic rings. The van der Waals surface area contributed by atoms with Crippen molar-refractivity contribution in [2.45, 2.75) is 27.3 Å². The highest BCUT2D eigenvalue weighted by Gasteiger charge is 2.14. The van der Waals surface area contributed by atoms with Gasteiger partial charge in [0.2, 0.25) is 6.54 Å². The summed E-state index contributed by atoms with van der Waals surface area (Å²) < 4.78 is 1.91. The lowest BCUT2D eigenvalue weighted by atomic mass is 10.3. The summed E-state index contributed by atoms with van der Waals surface area (Å²) in [6, 6.07) is 4.02. The number of rotatable bonds is 4. The molecular weight excluding hydrogens is 224 g/mol. The van der Waals surface area contributed by atoms with Gasteiger partial charge in [-0.3, -0.25) is 4.79 Å². The summed E-state index contributed by atoms with van der Waals surface area (Å²) in [6.45, 7) is 8.03. The second kappa shape index (κ2) is 7.23. The third-order valence-corrected chi connectivity index (χ3v) is 2.49. The number of amides is 1. The van der Waals surface area contributed by atoms with Crippen LogP contribution in [0.15, 0.2) is 24.5 Å². The van der Waals surface area contributed by atoms with E-state index in [9.17, 15) is 4.79 Å². The first-order valence-electron chi connectivity index (χ1n) is 5.40. The molecule has 1 amide bonds. The molecule has 0 unspecified atom stereocenters. The van der Waals surface area contributed by atoms with Gasteiger partial charge in [-0.05, 0) is 26.3 Å². The summed E-state index contributed by atoms with van der Waals surface area (Å²) in [5, 5.41) is 0. The SMILES string of the molecule is CCN(CC)C(=O)C[n+]1ccc(C)cc1.[Cl-]. The van der Waals surface area contributed by atoms with E-state index in [1.54, 1.807) is 0 Å². The molecule has 4 heteroatoms. The van der Waals surface area contributed by atoms with Crippen LogP contribution in [0.2, 0.25) is 0 Å². The first-order valence-corrected chi connectivity index (χ1v) is 5.40. The lowest BCUT2D eigenvalue weighted by Crippen LogP contribution is -3.00. The topological polar surface area (TPSA) is 24.2 Å². The molecule has 0 bridgehead atoms. The van der Waals surface area contributed by atoms with E-state index in [4.69, 9.17) is 0 Å². The molecule has 0 spiro atoms. The largest absolute Gasteiger partial charge is 1.00 e. The third kappa shape index (κ3) is 4.19.